The van der Waals surface area contributed by atoms with Gasteiger partial charge in [0.15, 0.2) is 0 Å². The molecule has 0 fully saturated rings. The highest BCUT2D eigenvalue weighted by Crippen LogP contribution is 2.45. The quantitative estimate of drug-likeness (QED) is 0.299. The van der Waals surface area contributed by atoms with Gasteiger partial charge >= 0.3 is 0 Å². The molecule has 4 heteroatoms. The van der Waals surface area contributed by atoms with Crippen LogP contribution in [0.25, 0.3) is 50.8 Å². The van der Waals surface area contributed by atoms with Crippen molar-refractivity contribution in [1.29, 1.82) is 0 Å². The molecule has 1 nitrogen and oxygen atoms in total. The van der Waals surface area contributed by atoms with Gasteiger partial charge in [-0.3, -0.25) is 0 Å². The van der Waals surface area contributed by atoms with E-state index in [0.29, 0.717) is 0 Å². The SMILES string of the molecule is CNc1ccc(-c2ccc3c(c2)sc2c3ccc3c4ccc(C)cc4sc32)s1. The van der Waals surface area contributed by atoms with Crippen molar-refractivity contribution < 1.29 is 0 Å². The number of hydrogen-bond acceptors (Lipinski definition) is 4. The van der Waals surface area contributed by atoms with E-state index in [2.05, 4.69) is 72.9 Å². The number of fused-ring (bicyclic) bond motifs is 7. The smallest absolute Gasteiger partial charge is 0.0886 e. The fourth-order valence-electron chi connectivity index (χ4n) is 3.96. The molecule has 0 aliphatic heterocycles. The maximum absolute atomic E-state index is 3.24. The lowest BCUT2D eigenvalue weighted by Gasteiger charge is -1.98. The summed E-state index contributed by atoms with van der Waals surface area (Å²) in [5, 5.41) is 9.95. The van der Waals surface area contributed by atoms with Gasteiger partial charge in [0.25, 0.3) is 0 Å². The van der Waals surface area contributed by atoms with Gasteiger partial charge in [0.1, 0.15) is 0 Å². The maximum Gasteiger partial charge on any atom is 0.0886 e. The Morgan fingerprint density at radius 2 is 1.29 bits per heavy atom. The third-order valence-electron chi connectivity index (χ3n) is 5.37. The van der Waals surface area contributed by atoms with E-state index in [1.54, 1.807) is 11.3 Å². The number of aryl methyl sites for hydroxylation is 1. The monoisotopic (exact) mass is 415 g/mol. The van der Waals surface area contributed by atoms with Crippen LogP contribution in [-0.4, -0.2) is 7.05 Å². The Bertz CT molecular complexity index is 1510. The van der Waals surface area contributed by atoms with Crippen LogP contribution >= 0.6 is 34.0 Å². The van der Waals surface area contributed by atoms with Crippen LogP contribution in [0.2, 0.25) is 0 Å². The van der Waals surface area contributed by atoms with E-state index in [1.165, 1.54) is 61.3 Å². The van der Waals surface area contributed by atoms with Gasteiger partial charge in [-0.25, -0.2) is 0 Å². The average Bonchev–Trinajstić information content (AvgIpc) is 3.41. The Morgan fingerprint density at radius 1 is 0.643 bits per heavy atom. The van der Waals surface area contributed by atoms with Gasteiger partial charge in [0.2, 0.25) is 0 Å². The molecule has 0 saturated carbocycles. The van der Waals surface area contributed by atoms with Crippen molar-refractivity contribution in [3.05, 3.63) is 66.2 Å². The van der Waals surface area contributed by atoms with Gasteiger partial charge in [0, 0.05) is 42.9 Å². The largest absolute Gasteiger partial charge is 0.380 e. The minimum Gasteiger partial charge on any atom is -0.380 e. The van der Waals surface area contributed by atoms with Crippen molar-refractivity contribution in [2.45, 2.75) is 6.92 Å². The molecule has 0 spiro atoms. The standard InChI is InChI=1S/C24H17NS3/c1-13-3-5-15-17-7-8-18-16-6-4-14(19-9-10-22(25-2)26-19)12-21(16)28-24(18)23(17)27-20(15)11-13/h3-12,25H,1-2H3. The van der Waals surface area contributed by atoms with Gasteiger partial charge in [-0.1, -0.05) is 36.4 Å². The molecule has 6 rings (SSSR count). The molecule has 3 aromatic heterocycles. The van der Waals surface area contributed by atoms with Crippen molar-refractivity contribution in [3.8, 4) is 10.4 Å². The number of nitrogens with one attached hydrogen (secondary N) is 1. The first-order chi connectivity index (χ1) is 13.7. The molecule has 1 N–H and O–H groups in total. The lowest BCUT2D eigenvalue weighted by molar-refractivity contribution is 1.52. The van der Waals surface area contributed by atoms with Crippen LogP contribution in [0.1, 0.15) is 5.56 Å². The van der Waals surface area contributed by atoms with Crippen molar-refractivity contribution in [2.24, 2.45) is 0 Å². The molecule has 0 aliphatic carbocycles. The van der Waals surface area contributed by atoms with Crippen molar-refractivity contribution in [2.75, 3.05) is 12.4 Å². The zero-order chi connectivity index (χ0) is 18.8. The Kier molecular flexibility index (Phi) is 3.57. The fourth-order valence-corrected chi connectivity index (χ4v) is 7.49. The summed E-state index contributed by atoms with van der Waals surface area (Å²) in [6, 6.07) is 22.7. The molecule has 0 aliphatic rings. The third-order valence-corrected chi connectivity index (χ3v) is 9.02. The minimum absolute atomic E-state index is 1.20. The van der Waals surface area contributed by atoms with Crippen LogP contribution in [0.3, 0.4) is 0 Å². The molecule has 0 radical (unpaired) electrons. The van der Waals surface area contributed by atoms with E-state index in [4.69, 9.17) is 0 Å². The van der Waals surface area contributed by atoms with Crippen molar-refractivity contribution in [3.63, 3.8) is 0 Å². The zero-order valence-corrected chi connectivity index (χ0v) is 17.9. The molecule has 3 aromatic carbocycles. The number of rotatable bonds is 2. The van der Waals surface area contributed by atoms with E-state index in [9.17, 15) is 0 Å². The van der Waals surface area contributed by atoms with E-state index >= 15 is 0 Å². The molecule has 0 atom stereocenters. The third kappa shape index (κ3) is 2.35. The van der Waals surface area contributed by atoms with Crippen LogP contribution < -0.4 is 5.32 Å². The minimum atomic E-state index is 1.20. The van der Waals surface area contributed by atoms with Gasteiger partial charge < -0.3 is 5.32 Å². The van der Waals surface area contributed by atoms with Gasteiger partial charge in [0.05, 0.1) is 14.4 Å². The number of benzene rings is 3. The Labute approximate surface area is 174 Å². The molecule has 0 bridgehead atoms. The second-order valence-corrected chi connectivity index (χ2v) is 10.3. The molecule has 136 valence electrons. The van der Waals surface area contributed by atoms with E-state index < -0.39 is 0 Å². The zero-order valence-electron chi connectivity index (χ0n) is 15.5. The lowest BCUT2D eigenvalue weighted by atomic mass is 10.1. The fraction of sp³-hybridized carbons (Fsp3) is 0.0833. The normalized spacial score (nSPS) is 11.9. The average molecular weight is 416 g/mol. The molecule has 28 heavy (non-hydrogen) atoms. The summed E-state index contributed by atoms with van der Waals surface area (Å²) in [6.45, 7) is 2.17. The molecule has 0 amide bonds. The Balaban J connectivity index is 1.62. The lowest BCUT2D eigenvalue weighted by Crippen LogP contribution is -1.79. The summed E-state index contributed by atoms with van der Waals surface area (Å²) in [7, 11) is 1.97. The Hall–Kier alpha value is -2.40. The van der Waals surface area contributed by atoms with Gasteiger partial charge in [-0.2, -0.15) is 0 Å². The highest BCUT2D eigenvalue weighted by Gasteiger charge is 2.14. The number of anilines is 1. The first-order valence-electron chi connectivity index (χ1n) is 9.27. The summed E-state index contributed by atoms with van der Waals surface area (Å²) in [4.78, 5) is 1.31. The molecule has 6 aromatic rings. The summed E-state index contributed by atoms with van der Waals surface area (Å²) in [6.07, 6.45) is 0. The van der Waals surface area contributed by atoms with Crippen LogP contribution in [0.5, 0.6) is 0 Å². The summed E-state index contributed by atoms with van der Waals surface area (Å²) in [5.41, 5.74) is 2.63. The molecule has 0 unspecified atom stereocenters. The predicted molar refractivity (Wildman–Crippen MR) is 130 cm³/mol. The molecular formula is C24H17NS3. The van der Waals surface area contributed by atoms with Crippen molar-refractivity contribution >= 4 is 79.4 Å². The second kappa shape index (κ2) is 6.05. The van der Waals surface area contributed by atoms with Crippen LogP contribution in [0.4, 0.5) is 5.00 Å². The molecular weight excluding hydrogens is 398 g/mol. The number of hydrogen-bond donors (Lipinski definition) is 1. The van der Waals surface area contributed by atoms with Gasteiger partial charge in [-0.05, 0) is 42.3 Å². The van der Waals surface area contributed by atoms with Crippen LogP contribution in [-0.2, 0) is 0 Å². The molecule has 3 heterocycles. The van der Waals surface area contributed by atoms with Crippen LogP contribution in [0.15, 0.2) is 60.7 Å². The summed E-state index contributed by atoms with van der Waals surface area (Å²) >= 11 is 5.67. The number of thiophene rings is 3. The summed E-state index contributed by atoms with van der Waals surface area (Å²) < 4.78 is 5.60. The van der Waals surface area contributed by atoms with Gasteiger partial charge in [-0.15, -0.1) is 34.0 Å². The Morgan fingerprint density at radius 3 is 1.96 bits per heavy atom. The van der Waals surface area contributed by atoms with Crippen molar-refractivity contribution in [1.82, 2.24) is 0 Å². The first-order valence-corrected chi connectivity index (χ1v) is 11.7. The first kappa shape index (κ1) is 16.5. The van der Waals surface area contributed by atoms with E-state index in [0.717, 1.165) is 0 Å². The maximum atomic E-state index is 3.24. The van der Waals surface area contributed by atoms with Crippen LogP contribution in [0, 0.1) is 6.92 Å². The molecule has 0 saturated heterocycles. The van der Waals surface area contributed by atoms with E-state index in [1.807, 2.05) is 29.7 Å². The highest BCUT2D eigenvalue weighted by atomic mass is 32.1. The summed E-state index contributed by atoms with van der Waals surface area (Å²) in [5.74, 6) is 0. The highest BCUT2D eigenvalue weighted by molar-refractivity contribution is 7.33. The van der Waals surface area contributed by atoms with E-state index in [-0.39, 0.29) is 0 Å². The predicted octanol–water partition coefficient (Wildman–Crippen LogP) is 8.50. The second-order valence-electron chi connectivity index (χ2n) is 7.15. The topological polar surface area (TPSA) is 12.0 Å².